The van der Waals surface area contributed by atoms with Crippen molar-refractivity contribution in [1.82, 2.24) is 4.72 Å². The number of aryl methyl sites for hydroxylation is 2. The van der Waals surface area contributed by atoms with Gasteiger partial charge in [0.2, 0.25) is 10.0 Å². The number of carbonyl (C=O) groups excluding carboxylic acids is 1. The Morgan fingerprint density at radius 3 is 2.48 bits per heavy atom. The highest BCUT2D eigenvalue weighted by atomic mass is 35.5. The number of esters is 1. The number of ether oxygens (including phenoxy) is 1. The molecule has 0 radical (unpaired) electrons. The minimum absolute atomic E-state index is 0.0158. The number of nitrogens with one attached hydrogen (secondary N) is 1. The number of benzene rings is 2. The van der Waals surface area contributed by atoms with Gasteiger partial charge in [-0.25, -0.2) is 18.0 Å². The maximum Gasteiger partial charge on any atom is 0.336 e. The van der Waals surface area contributed by atoms with Crippen LogP contribution >= 0.6 is 11.6 Å². The Morgan fingerprint density at radius 2 is 1.85 bits per heavy atom. The summed E-state index contributed by atoms with van der Waals surface area (Å²) in [7, 11) is -3.93. The molecule has 0 unspecified atom stereocenters. The van der Waals surface area contributed by atoms with E-state index in [2.05, 4.69) is 11.6 Å². The van der Waals surface area contributed by atoms with Gasteiger partial charge in [0.25, 0.3) is 0 Å². The molecular formula is C24H26ClNO6S. The van der Waals surface area contributed by atoms with Crippen LogP contribution in [0.4, 0.5) is 0 Å². The number of halogens is 1. The molecule has 9 heteroatoms. The second-order valence-electron chi connectivity index (χ2n) is 7.79. The van der Waals surface area contributed by atoms with Crippen molar-refractivity contribution in [3.63, 3.8) is 0 Å². The lowest BCUT2D eigenvalue weighted by molar-refractivity contribution is -0.136. The normalized spacial score (nSPS) is 12.6. The Hall–Kier alpha value is -2.68. The van der Waals surface area contributed by atoms with Crippen molar-refractivity contribution in [2.24, 2.45) is 0 Å². The van der Waals surface area contributed by atoms with Crippen molar-refractivity contribution >= 4 is 38.6 Å². The van der Waals surface area contributed by atoms with Gasteiger partial charge in [-0.1, -0.05) is 49.6 Å². The smallest absolute Gasteiger partial charge is 0.336 e. The largest absolute Gasteiger partial charge is 0.424 e. The fourth-order valence-corrected chi connectivity index (χ4v) is 4.80. The van der Waals surface area contributed by atoms with E-state index in [1.54, 1.807) is 25.1 Å². The van der Waals surface area contributed by atoms with E-state index in [9.17, 15) is 18.0 Å². The van der Waals surface area contributed by atoms with Crippen LogP contribution in [0.1, 0.15) is 44.2 Å². The molecule has 1 heterocycles. The van der Waals surface area contributed by atoms with Crippen LogP contribution in [0.5, 0.6) is 5.75 Å². The molecule has 0 aliphatic carbocycles. The van der Waals surface area contributed by atoms with Gasteiger partial charge < -0.3 is 9.15 Å². The second-order valence-corrected chi connectivity index (χ2v) is 9.91. The van der Waals surface area contributed by atoms with Gasteiger partial charge >= 0.3 is 11.6 Å². The fourth-order valence-electron chi connectivity index (χ4n) is 3.33. The molecule has 176 valence electrons. The number of hydrogen-bond acceptors (Lipinski definition) is 6. The van der Waals surface area contributed by atoms with Gasteiger partial charge in [0.1, 0.15) is 11.6 Å². The third-order valence-corrected chi connectivity index (χ3v) is 7.00. The Morgan fingerprint density at radius 1 is 1.15 bits per heavy atom. The molecule has 0 aliphatic rings. The van der Waals surface area contributed by atoms with Crippen molar-refractivity contribution < 1.29 is 22.4 Å². The molecule has 33 heavy (non-hydrogen) atoms. The zero-order chi connectivity index (χ0) is 24.2. The number of hydrogen-bond donors (Lipinski definition) is 1. The third-order valence-electron chi connectivity index (χ3n) is 5.21. The van der Waals surface area contributed by atoms with E-state index in [0.29, 0.717) is 11.8 Å². The van der Waals surface area contributed by atoms with Crippen LogP contribution in [-0.2, 0) is 21.2 Å². The summed E-state index contributed by atoms with van der Waals surface area (Å²) in [5.41, 5.74) is 1.45. The van der Waals surface area contributed by atoms with Crippen LogP contribution in [0.3, 0.4) is 0 Å². The summed E-state index contributed by atoms with van der Waals surface area (Å²) >= 11 is 6.35. The summed E-state index contributed by atoms with van der Waals surface area (Å²) in [6.45, 7) is 5.55. The van der Waals surface area contributed by atoms with Gasteiger partial charge in [0.15, 0.2) is 5.75 Å². The molecule has 0 fully saturated rings. The van der Waals surface area contributed by atoms with Crippen molar-refractivity contribution in [1.29, 1.82) is 0 Å². The average Bonchev–Trinajstić information content (AvgIpc) is 2.77. The molecule has 2 aromatic carbocycles. The van der Waals surface area contributed by atoms with Crippen molar-refractivity contribution in [2.75, 3.05) is 0 Å². The lowest BCUT2D eigenvalue weighted by atomic mass is 10.0. The topological polar surface area (TPSA) is 103 Å². The Kier molecular flexibility index (Phi) is 7.94. The molecule has 0 saturated heterocycles. The maximum absolute atomic E-state index is 12.8. The molecule has 3 aromatic rings. The number of unbranched alkanes of at least 4 members (excludes halogenated alkanes) is 1. The predicted octanol–water partition coefficient (Wildman–Crippen LogP) is 4.76. The van der Waals surface area contributed by atoms with Crippen LogP contribution in [0.2, 0.25) is 5.02 Å². The molecule has 0 spiro atoms. The molecule has 0 saturated carbocycles. The highest BCUT2D eigenvalue weighted by Crippen LogP contribution is 2.32. The average molecular weight is 492 g/mol. The van der Waals surface area contributed by atoms with Crippen LogP contribution in [0.25, 0.3) is 11.0 Å². The predicted molar refractivity (Wildman–Crippen MR) is 127 cm³/mol. The molecule has 0 amide bonds. The maximum atomic E-state index is 12.8. The number of fused-ring (bicyclic) bond motifs is 1. The van der Waals surface area contributed by atoms with Crippen molar-refractivity contribution in [3.8, 4) is 5.75 Å². The summed E-state index contributed by atoms with van der Waals surface area (Å²) in [5, 5.41) is 0.818. The van der Waals surface area contributed by atoms with E-state index < -0.39 is 27.7 Å². The highest BCUT2D eigenvalue weighted by molar-refractivity contribution is 7.89. The molecule has 1 atom stereocenters. The van der Waals surface area contributed by atoms with Gasteiger partial charge in [-0.2, -0.15) is 4.72 Å². The Balaban J connectivity index is 1.85. The van der Waals surface area contributed by atoms with Crippen molar-refractivity contribution in [2.45, 2.75) is 57.4 Å². The molecule has 7 nitrogen and oxygen atoms in total. The quantitative estimate of drug-likeness (QED) is 0.263. The first-order valence-electron chi connectivity index (χ1n) is 10.7. The van der Waals surface area contributed by atoms with E-state index in [1.165, 1.54) is 24.3 Å². The van der Waals surface area contributed by atoms with E-state index in [0.717, 1.165) is 24.0 Å². The van der Waals surface area contributed by atoms with Gasteiger partial charge in [-0.05, 0) is 49.9 Å². The molecule has 0 bridgehead atoms. The summed E-state index contributed by atoms with van der Waals surface area (Å²) in [4.78, 5) is 24.8. The first-order chi connectivity index (χ1) is 15.6. The molecule has 0 aliphatic heterocycles. The first kappa shape index (κ1) is 25.0. The third kappa shape index (κ3) is 6.01. The van der Waals surface area contributed by atoms with Crippen LogP contribution in [0.15, 0.2) is 56.6 Å². The molecule has 1 aromatic heterocycles. The van der Waals surface area contributed by atoms with E-state index in [1.807, 2.05) is 6.92 Å². The van der Waals surface area contributed by atoms with E-state index >= 15 is 0 Å². The summed E-state index contributed by atoms with van der Waals surface area (Å²) in [5.74, 6) is -0.836. The SMILES string of the molecule is CCCCc1cc(=O)oc2cc(OC(=O)[C@@H](CC)NS(=O)(=O)c3ccc(C)cc3)c(Cl)cc12. The zero-order valence-electron chi connectivity index (χ0n) is 18.7. The highest BCUT2D eigenvalue weighted by Gasteiger charge is 2.27. The first-order valence-corrected chi connectivity index (χ1v) is 12.6. The Labute approximate surface area is 197 Å². The van der Waals surface area contributed by atoms with Crippen molar-refractivity contribution in [3.05, 3.63) is 69.0 Å². The van der Waals surface area contributed by atoms with E-state index in [4.69, 9.17) is 20.8 Å². The van der Waals surface area contributed by atoms with Gasteiger partial charge in [0, 0.05) is 17.5 Å². The van der Waals surface area contributed by atoms with Crippen LogP contribution < -0.4 is 15.1 Å². The van der Waals surface area contributed by atoms with Crippen LogP contribution in [0, 0.1) is 6.92 Å². The lowest BCUT2D eigenvalue weighted by Crippen LogP contribution is -2.42. The second kappa shape index (κ2) is 10.5. The zero-order valence-corrected chi connectivity index (χ0v) is 20.3. The summed E-state index contributed by atoms with van der Waals surface area (Å²) in [6, 6.07) is 9.55. The summed E-state index contributed by atoms with van der Waals surface area (Å²) in [6.07, 6.45) is 2.70. The minimum Gasteiger partial charge on any atom is -0.424 e. The minimum atomic E-state index is -3.93. The number of sulfonamides is 1. The van der Waals surface area contributed by atoms with Gasteiger partial charge in [0.05, 0.1) is 9.92 Å². The number of carbonyl (C=O) groups is 1. The van der Waals surface area contributed by atoms with Gasteiger partial charge in [-0.3, -0.25) is 0 Å². The number of rotatable bonds is 9. The Bertz CT molecular complexity index is 1320. The molecule has 3 rings (SSSR count). The molecule has 1 N–H and O–H groups in total. The lowest BCUT2D eigenvalue weighted by Gasteiger charge is -2.17. The van der Waals surface area contributed by atoms with Gasteiger partial charge in [-0.15, -0.1) is 0 Å². The fraction of sp³-hybridized carbons (Fsp3) is 0.333. The van der Waals surface area contributed by atoms with Crippen LogP contribution in [-0.4, -0.2) is 20.4 Å². The van der Waals surface area contributed by atoms with E-state index in [-0.39, 0.29) is 27.7 Å². The monoisotopic (exact) mass is 491 g/mol. The summed E-state index contributed by atoms with van der Waals surface area (Å²) < 4.78 is 38.4. The molecular weight excluding hydrogens is 466 g/mol. The standard InChI is InChI=1S/C24H26ClNO6S/c1-4-6-7-16-12-23(27)31-21-14-22(19(25)13-18(16)21)32-24(28)20(5-2)26-33(29,30)17-10-8-15(3)9-11-17/h8-14,20,26H,4-7H2,1-3H3/t20-/m1/s1.